The van der Waals surface area contributed by atoms with Crippen LogP contribution < -0.4 is 0 Å². The van der Waals surface area contributed by atoms with E-state index in [9.17, 15) is 4.79 Å². The summed E-state index contributed by atoms with van der Waals surface area (Å²) in [5.41, 5.74) is 0.483. The molecule has 0 saturated heterocycles. The van der Waals surface area contributed by atoms with Crippen molar-refractivity contribution in [1.82, 2.24) is 0 Å². The zero-order valence-corrected chi connectivity index (χ0v) is 8.95. The van der Waals surface area contributed by atoms with Crippen molar-refractivity contribution < 1.29 is 9.53 Å². The van der Waals surface area contributed by atoms with E-state index in [-0.39, 0.29) is 12.1 Å². The summed E-state index contributed by atoms with van der Waals surface area (Å²) < 4.78 is 5.28. The highest BCUT2D eigenvalue weighted by atomic mass is 16.5. The Morgan fingerprint density at radius 1 is 1.36 bits per heavy atom. The fourth-order valence-electron chi connectivity index (χ4n) is 2.96. The quantitative estimate of drug-likeness (QED) is 0.499. The van der Waals surface area contributed by atoms with Crippen molar-refractivity contribution >= 4 is 5.97 Å². The minimum Gasteiger partial charge on any atom is -0.459 e. The molecule has 14 heavy (non-hydrogen) atoms. The second-order valence-electron chi connectivity index (χ2n) is 5.19. The van der Waals surface area contributed by atoms with Crippen LogP contribution in [0.3, 0.4) is 0 Å². The minimum atomic E-state index is -0.269. The Balaban J connectivity index is 1.91. The zero-order chi connectivity index (χ0) is 10.3. The molecular weight excluding hydrogens is 176 g/mol. The number of carbonyl (C=O) groups is 1. The fourth-order valence-corrected chi connectivity index (χ4v) is 2.96. The lowest BCUT2D eigenvalue weighted by Gasteiger charge is -2.58. The van der Waals surface area contributed by atoms with Gasteiger partial charge >= 0.3 is 5.97 Å². The summed E-state index contributed by atoms with van der Waals surface area (Å²) in [6.45, 7) is 8.07. The Hall–Kier alpha value is -0.790. The topological polar surface area (TPSA) is 26.3 Å². The lowest BCUT2D eigenvalue weighted by atomic mass is 9.48. The first-order valence-electron chi connectivity index (χ1n) is 5.37. The van der Waals surface area contributed by atoms with E-state index in [1.165, 1.54) is 12.5 Å². The molecule has 0 heterocycles. The highest BCUT2D eigenvalue weighted by Crippen LogP contribution is 2.59. The first-order valence-corrected chi connectivity index (χ1v) is 5.37. The number of hydrogen-bond acceptors (Lipinski definition) is 2. The van der Waals surface area contributed by atoms with Gasteiger partial charge in [-0.3, -0.25) is 0 Å². The molecule has 3 fully saturated rings. The molecule has 0 unspecified atom stereocenters. The summed E-state index contributed by atoms with van der Waals surface area (Å²) in [5.74, 6) is 1.24. The van der Waals surface area contributed by atoms with Crippen molar-refractivity contribution in [3.8, 4) is 0 Å². The summed E-state index contributed by atoms with van der Waals surface area (Å²) in [4.78, 5) is 11.0. The van der Waals surface area contributed by atoms with Crippen LogP contribution in [0.15, 0.2) is 12.7 Å². The van der Waals surface area contributed by atoms with Gasteiger partial charge in [0.25, 0.3) is 0 Å². The first kappa shape index (κ1) is 9.75. The van der Waals surface area contributed by atoms with Crippen molar-refractivity contribution in [3.05, 3.63) is 12.7 Å². The summed E-state index contributed by atoms with van der Waals surface area (Å²) in [6, 6.07) is 0. The van der Waals surface area contributed by atoms with E-state index in [4.69, 9.17) is 4.74 Å². The van der Waals surface area contributed by atoms with Crippen LogP contribution in [0.1, 0.15) is 33.1 Å². The highest BCUT2D eigenvalue weighted by molar-refractivity contribution is 5.81. The molecule has 2 heteroatoms. The molecule has 0 amide bonds. The molecule has 0 aromatic heterocycles. The second-order valence-corrected chi connectivity index (χ2v) is 5.19. The third-order valence-electron chi connectivity index (χ3n) is 4.22. The summed E-state index contributed by atoms with van der Waals surface area (Å²) in [6.07, 6.45) is 4.82. The van der Waals surface area contributed by atoms with Crippen LogP contribution in [0.5, 0.6) is 0 Å². The lowest BCUT2D eigenvalue weighted by Crippen LogP contribution is -2.52. The van der Waals surface area contributed by atoms with E-state index >= 15 is 0 Å². The lowest BCUT2D eigenvalue weighted by molar-refractivity contribution is -0.163. The standard InChI is InChI=1S/C12H18O2/c1-4-11(13)14-10-6-8-5-9(7-10)12(8,2)3/h4,8-10H,1,5-7H2,2-3H3/t8-,9-/m1/s1. The van der Waals surface area contributed by atoms with Crippen LogP contribution in [0.25, 0.3) is 0 Å². The van der Waals surface area contributed by atoms with E-state index in [1.807, 2.05) is 0 Å². The van der Waals surface area contributed by atoms with E-state index in [1.54, 1.807) is 0 Å². The molecule has 0 aliphatic heterocycles. The van der Waals surface area contributed by atoms with Crippen molar-refractivity contribution in [3.63, 3.8) is 0 Å². The van der Waals surface area contributed by atoms with Crippen molar-refractivity contribution in [2.75, 3.05) is 0 Å². The molecular formula is C12H18O2. The minimum absolute atomic E-state index is 0.150. The van der Waals surface area contributed by atoms with E-state index in [2.05, 4.69) is 20.4 Å². The summed E-state index contributed by atoms with van der Waals surface area (Å²) in [7, 11) is 0. The molecule has 3 saturated carbocycles. The maximum atomic E-state index is 11.0. The summed E-state index contributed by atoms with van der Waals surface area (Å²) in [5, 5.41) is 0. The van der Waals surface area contributed by atoms with Crippen LogP contribution in [-0.2, 0) is 9.53 Å². The Kier molecular flexibility index (Phi) is 2.17. The third kappa shape index (κ3) is 1.37. The van der Waals surface area contributed by atoms with E-state index < -0.39 is 0 Å². The van der Waals surface area contributed by atoms with Gasteiger partial charge in [-0.25, -0.2) is 4.79 Å². The van der Waals surface area contributed by atoms with Crippen LogP contribution in [0, 0.1) is 17.3 Å². The highest BCUT2D eigenvalue weighted by Gasteiger charge is 2.53. The van der Waals surface area contributed by atoms with Crippen molar-refractivity contribution in [2.45, 2.75) is 39.2 Å². The molecule has 3 rings (SSSR count). The molecule has 2 nitrogen and oxygen atoms in total. The zero-order valence-electron chi connectivity index (χ0n) is 8.95. The van der Waals surface area contributed by atoms with Gasteiger partial charge in [-0.2, -0.15) is 0 Å². The molecule has 0 radical (unpaired) electrons. The van der Waals surface area contributed by atoms with Gasteiger partial charge in [-0.1, -0.05) is 20.4 Å². The number of rotatable bonds is 2. The molecule has 3 aliphatic carbocycles. The Bertz CT molecular complexity index is 253. The molecule has 0 N–H and O–H groups in total. The van der Waals surface area contributed by atoms with Gasteiger partial charge in [0.1, 0.15) is 6.10 Å². The van der Waals surface area contributed by atoms with Gasteiger partial charge in [0.2, 0.25) is 0 Å². The molecule has 0 aromatic rings. The predicted molar refractivity (Wildman–Crippen MR) is 54.7 cm³/mol. The normalized spacial score (nSPS) is 38.3. The van der Waals surface area contributed by atoms with Crippen LogP contribution in [0.2, 0.25) is 0 Å². The van der Waals surface area contributed by atoms with Crippen molar-refractivity contribution in [1.29, 1.82) is 0 Å². The van der Waals surface area contributed by atoms with E-state index in [0.717, 1.165) is 24.7 Å². The monoisotopic (exact) mass is 194 g/mol. The van der Waals surface area contributed by atoms with Gasteiger partial charge in [-0.15, -0.1) is 0 Å². The Labute approximate surface area is 85.3 Å². The number of fused-ring (bicyclic) bond motifs is 2. The number of esters is 1. The van der Waals surface area contributed by atoms with Gasteiger partial charge in [0.15, 0.2) is 0 Å². The molecule has 2 atom stereocenters. The maximum Gasteiger partial charge on any atom is 0.330 e. The van der Waals surface area contributed by atoms with Crippen LogP contribution in [0.4, 0.5) is 0 Å². The van der Waals surface area contributed by atoms with Crippen LogP contribution in [-0.4, -0.2) is 12.1 Å². The largest absolute Gasteiger partial charge is 0.459 e. The van der Waals surface area contributed by atoms with Gasteiger partial charge in [0.05, 0.1) is 0 Å². The van der Waals surface area contributed by atoms with Crippen molar-refractivity contribution in [2.24, 2.45) is 17.3 Å². The SMILES string of the molecule is C=CC(=O)OC1C[C@H]2C[C@H](C1)C2(C)C. The third-order valence-corrected chi connectivity index (χ3v) is 4.22. The number of hydrogen-bond donors (Lipinski definition) is 0. The van der Waals surface area contributed by atoms with Gasteiger partial charge < -0.3 is 4.74 Å². The average Bonchev–Trinajstić information content (AvgIpc) is 2.17. The number of carbonyl (C=O) groups excluding carboxylic acids is 1. The van der Waals surface area contributed by atoms with Gasteiger partial charge in [-0.05, 0) is 36.5 Å². The number of ether oxygens (including phenoxy) is 1. The first-order chi connectivity index (χ1) is 6.54. The smallest absolute Gasteiger partial charge is 0.330 e. The Morgan fingerprint density at radius 3 is 2.36 bits per heavy atom. The van der Waals surface area contributed by atoms with E-state index in [0.29, 0.717) is 5.41 Å². The Morgan fingerprint density at radius 2 is 1.93 bits per heavy atom. The van der Waals surface area contributed by atoms with Crippen LogP contribution >= 0.6 is 0 Å². The molecule has 78 valence electrons. The molecule has 0 aromatic carbocycles. The summed E-state index contributed by atoms with van der Waals surface area (Å²) >= 11 is 0. The maximum absolute atomic E-state index is 11.0. The average molecular weight is 194 g/mol. The predicted octanol–water partition coefficient (Wildman–Crippen LogP) is 2.54. The second kappa shape index (κ2) is 3.11. The molecule has 2 bridgehead atoms. The molecule has 0 spiro atoms. The molecule has 3 aliphatic rings. The fraction of sp³-hybridized carbons (Fsp3) is 0.750. The van der Waals surface area contributed by atoms with Gasteiger partial charge in [0, 0.05) is 6.08 Å².